The highest BCUT2D eigenvalue weighted by Gasteiger charge is 2.30. The summed E-state index contributed by atoms with van der Waals surface area (Å²) in [5.74, 6) is -1.42. The van der Waals surface area contributed by atoms with Gasteiger partial charge in [0.25, 0.3) is 0 Å². The summed E-state index contributed by atoms with van der Waals surface area (Å²) in [6, 6.07) is 0. The molecule has 0 bridgehead atoms. The summed E-state index contributed by atoms with van der Waals surface area (Å²) >= 11 is 5.51. The molecule has 0 rings (SSSR count). The van der Waals surface area contributed by atoms with E-state index in [1.807, 2.05) is 0 Å². The zero-order chi connectivity index (χ0) is 11.5. The fourth-order valence-corrected chi connectivity index (χ4v) is 1.10. The molecule has 0 spiro atoms. The van der Waals surface area contributed by atoms with Crippen LogP contribution in [0.15, 0.2) is 10.9 Å². The van der Waals surface area contributed by atoms with E-state index in [4.69, 9.17) is 11.6 Å². The zero-order valence-electron chi connectivity index (χ0n) is 8.10. The SMILES string of the molecule is CC(C)(C)N/C(Cl)=C(\C(=[NH2+])F)[N+](=O)[O-]. The average molecular weight is 225 g/mol. The van der Waals surface area contributed by atoms with Gasteiger partial charge in [0, 0.05) is 5.54 Å². The Kier molecular flexibility index (Phi) is 4.00. The van der Waals surface area contributed by atoms with Crippen molar-refractivity contribution in [3.05, 3.63) is 21.0 Å². The summed E-state index contributed by atoms with van der Waals surface area (Å²) < 4.78 is 12.5. The number of nitro groups is 1. The molecule has 0 fully saturated rings. The summed E-state index contributed by atoms with van der Waals surface area (Å²) in [7, 11) is 0. The maximum atomic E-state index is 12.5. The molecule has 80 valence electrons. The van der Waals surface area contributed by atoms with Gasteiger partial charge in [-0.15, -0.1) is 4.39 Å². The monoisotopic (exact) mass is 224 g/mol. The van der Waals surface area contributed by atoms with Crippen molar-refractivity contribution in [2.75, 3.05) is 0 Å². The lowest BCUT2D eigenvalue weighted by atomic mass is 10.1. The molecule has 0 aliphatic heterocycles. The number of nitrogens with two attached hydrogens (primary N) is 1. The Morgan fingerprint density at radius 1 is 1.57 bits per heavy atom. The minimum absolute atomic E-state index is 0.414. The van der Waals surface area contributed by atoms with Crippen LogP contribution < -0.4 is 10.7 Å². The summed E-state index contributed by atoms with van der Waals surface area (Å²) in [5, 5.41) is 17.2. The van der Waals surface area contributed by atoms with E-state index in [2.05, 4.69) is 10.7 Å². The molecule has 0 unspecified atom stereocenters. The van der Waals surface area contributed by atoms with Crippen molar-refractivity contribution in [1.29, 1.82) is 0 Å². The number of hydrogen-bond acceptors (Lipinski definition) is 3. The number of rotatable bonds is 3. The standard InChI is InChI=1S/C7H11ClFN3O2/c1-7(2,3)11-5(8)4(6(9)10)12(13)14/h10-11H,1-3H3/p+1/b5-4+,10-6?. The van der Waals surface area contributed by atoms with Gasteiger partial charge < -0.3 is 5.32 Å². The van der Waals surface area contributed by atoms with Crippen molar-refractivity contribution in [3.8, 4) is 0 Å². The quantitative estimate of drug-likeness (QED) is 0.311. The van der Waals surface area contributed by atoms with Gasteiger partial charge in [-0.1, -0.05) is 11.6 Å². The predicted octanol–water partition coefficient (Wildman–Crippen LogP) is 0.186. The largest absolute Gasteiger partial charge is 0.433 e. The lowest BCUT2D eigenvalue weighted by molar-refractivity contribution is -0.421. The minimum Gasteiger partial charge on any atom is -0.365 e. The Morgan fingerprint density at radius 3 is 2.21 bits per heavy atom. The van der Waals surface area contributed by atoms with Crippen LogP contribution >= 0.6 is 11.6 Å². The topological polar surface area (TPSA) is 80.8 Å². The van der Waals surface area contributed by atoms with E-state index in [0.717, 1.165) is 0 Å². The van der Waals surface area contributed by atoms with Crippen LogP contribution in [0.4, 0.5) is 4.39 Å². The third-order valence-electron chi connectivity index (χ3n) is 1.10. The van der Waals surface area contributed by atoms with Crippen LogP contribution in [0.1, 0.15) is 20.8 Å². The van der Waals surface area contributed by atoms with Gasteiger partial charge in [-0.05, 0) is 20.8 Å². The van der Waals surface area contributed by atoms with Gasteiger partial charge >= 0.3 is 11.7 Å². The molecule has 7 heteroatoms. The Hall–Kier alpha value is -1.17. The molecule has 0 heterocycles. The van der Waals surface area contributed by atoms with Gasteiger partial charge in [0.15, 0.2) is 5.16 Å². The second kappa shape index (κ2) is 4.36. The fraction of sp³-hybridized carbons (Fsp3) is 0.571. The second-order valence-corrected chi connectivity index (χ2v) is 4.02. The molecule has 0 aliphatic carbocycles. The van der Waals surface area contributed by atoms with E-state index < -0.39 is 27.3 Å². The Bertz CT molecular complexity index is 280. The first-order valence-electron chi connectivity index (χ1n) is 3.76. The number of nitrogens with one attached hydrogen (secondary N) is 1. The van der Waals surface area contributed by atoms with Crippen molar-refractivity contribution < 1.29 is 14.7 Å². The first kappa shape index (κ1) is 12.8. The first-order chi connectivity index (χ1) is 6.15. The van der Waals surface area contributed by atoms with Gasteiger partial charge in [-0.3, -0.25) is 10.1 Å². The van der Waals surface area contributed by atoms with Crippen LogP contribution in [0, 0.1) is 10.1 Å². The van der Waals surface area contributed by atoms with Gasteiger partial charge in [-0.25, -0.2) is 5.41 Å². The maximum absolute atomic E-state index is 12.5. The molecule has 0 aliphatic rings. The van der Waals surface area contributed by atoms with Crippen molar-refractivity contribution in [2.45, 2.75) is 26.3 Å². The van der Waals surface area contributed by atoms with E-state index in [1.54, 1.807) is 20.8 Å². The molecular weight excluding hydrogens is 213 g/mol. The molecule has 0 saturated carbocycles. The summed E-state index contributed by atoms with van der Waals surface area (Å²) in [5.41, 5.74) is -1.45. The van der Waals surface area contributed by atoms with Crippen molar-refractivity contribution in [1.82, 2.24) is 5.32 Å². The van der Waals surface area contributed by atoms with Gasteiger partial charge in [0.1, 0.15) is 0 Å². The third-order valence-corrected chi connectivity index (χ3v) is 1.37. The van der Waals surface area contributed by atoms with Gasteiger partial charge in [0.2, 0.25) is 0 Å². The molecule has 0 aromatic heterocycles. The number of halogens is 2. The number of hydrogen-bond donors (Lipinski definition) is 2. The molecule has 5 nitrogen and oxygen atoms in total. The molecule has 0 aromatic rings. The Balaban J connectivity index is 5.03. The summed E-state index contributed by atoms with van der Waals surface area (Å²) in [6.07, 6.45) is 0. The van der Waals surface area contributed by atoms with Crippen molar-refractivity contribution in [2.24, 2.45) is 0 Å². The molecule has 0 aromatic carbocycles. The van der Waals surface area contributed by atoms with Crippen LogP contribution in [-0.4, -0.2) is 16.4 Å². The normalized spacial score (nSPS) is 13.2. The van der Waals surface area contributed by atoms with Crippen LogP contribution in [-0.2, 0) is 0 Å². The highest BCUT2D eigenvalue weighted by Crippen LogP contribution is 2.13. The number of allylic oxidation sites excluding steroid dienone is 1. The molecule has 0 saturated heterocycles. The lowest BCUT2D eigenvalue weighted by Crippen LogP contribution is -2.42. The lowest BCUT2D eigenvalue weighted by Gasteiger charge is -2.20. The van der Waals surface area contributed by atoms with E-state index >= 15 is 0 Å². The van der Waals surface area contributed by atoms with Gasteiger partial charge in [-0.2, -0.15) is 0 Å². The van der Waals surface area contributed by atoms with Crippen LogP contribution in [0.25, 0.3) is 0 Å². The smallest absolute Gasteiger partial charge is 0.365 e. The number of nitrogens with zero attached hydrogens (tertiary/aromatic N) is 1. The summed E-state index contributed by atoms with van der Waals surface area (Å²) in [6.45, 7) is 5.17. The minimum atomic E-state index is -1.42. The summed E-state index contributed by atoms with van der Waals surface area (Å²) in [4.78, 5) is 9.37. The molecule has 3 N–H and O–H groups in total. The Morgan fingerprint density at radius 2 is 2.00 bits per heavy atom. The molecule has 0 amide bonds. The molecule has 0 atom stereocenters. The Labute approximate surface area is 85.6 Å². The predicted molar refractivity (Wildman–Crippen MR) is 50.8 cm³/mol. The highest BCUT2D eigenvalue weighted by atomic mass is 35.5. The van der Waals surface area contributed by atoms with E-state index in [0.29, 0.717) is 0 Å². The second-order valence-electron chi connectivity index (χ2n) is 3.64. The van der Waals surface area contributed by atoms with Crippen LogP contribution in [0.2, 0.25) is 0 Å². The van der Waals surface area contributed by atoms with Crippen LogP contribution in [0.3, 0.4) is 0 Å². The van der Waals surface area contributed by atoms with Gasteiger partial charge in [0.05, 0.1) is 4.92 Å². The van der Waals surface area contributed by atoms with Crippen molar-refractivity contribution >= 4 is 17.6 Å². The molecule has 14 heavy (non-hydrogen) atoms. The van der Waals surface area contributed by atoms with E-state index in [9.17, 15) is 14.5 Å². The van der Waals surface area contributed by atoms with Crippen LogP contribution in [0.5, 0.6) is 0 Å². The fourth-order valence-electron chi connectivity index (χ4n) is 0.661. The zero-order valence-corrected chi connectivity index (χ0v) is 8.85. The van der Waals surface area contributed by atoms with E-state index in [1.165, 1.54) is 0 Å². The third kappa shape index (κ3) is 4.18. The molecule has 0 radical (unpaired) electrons. The maximum Gasteiger partial charge on any atom is 0.433 e. The van der Waals surface area contributed by atoms with E-state index in [-0.39, 0.29) is 0 Å². The first-order valence-corrected chi connectivity index (χ1v) is 4.13. The van der Waals surface area contributed by atoms with Crippen molar-refractivity contribution in [3.63, 3.8) is 0 Å². The molecular formula is C7H12ClFN3O2+. The average Bonchev–Trinajstić information content (AvgIpc) is 1.78. The highest BCUT2D eigenvalue weighted by molar-refractivity contribution is 6.31.